The second-order valence-electron chi connectivity index (χ2n) is 12.5. The van der Waals surface area contributed by atoms with Gasteiger partial charge in [0.1, 0.15) is 11.4 Å². The molecule has 0 saturated heterocycles. The molecule has 0 bridgehead atoms. The minimum absolute atomic E-state index is 0.0777. The summed E-state index contributed by atoms with van der Waals surface area (Å²) >= 11 is 0. The molecule has 7 aromatic rings. The van der Waals surface area contributed by atoms with Gasteiger partial charge in [-0.3, -0.25) is 9.55 Å². The lowest BCUT2D eigenvalue weighted by Crippen LogP contribution is -2.12. The molecule has 3 aromatic carbocycles. The summed E-state index contributed by atoms with van der Waals surface area (Å²) in [6.07, 6.45) is 0. The molecule has 7 rings (SSSR count). The Morgan fingerprint density at radius 3 is 2.20 bits per heavy atom. The average molecular weight is 539 g/mol. The molecule has 0 spiro atoms. The van der Waals surface area contributed by atoms with E-state index in [9.17, 15) is 0 Å². The van der Waals surface area contributed by atoms with E-state index in [4.69, 9.17) is 19.4 Å². The highest BCUT2D eigenvalue weighted by Crippen LogP contribution is 2.41. The second-order valence-corrected chi connectivity index (χ2v) is 12.5. The molecule has 0 saturated carbocycles. The first-order valence-corrected chi connectivity index (χ1v) is 14.2. The first kappa shape index (κ1) is 25.5. The average Bonchev–Trinajstić information content (AvgIpc) is 3.47. The van der Waals surface area contributed by atoms with Gasteiger partial charge in [0.25, 0.3) is 0 Å². The highest BCUT2D eigenvalue weighted by molar-refractivity contribution is 6.11. The van der Waals surface area contributed by atoms with Crippen LogP contribution in [-0.2, 0) is 5.41 Å². The van der Waals surface area contributed by atoms with Crippen molar-refractivity contribution in [3.63, 3.8) is 0 Å². The summed E-state index contributed by atoms with van der Waals surface area (Å²) in [7, 11) is 0. The Hall–Kier alpha value is -4.51. The monoisotopic (exact) mass is 538 g/mol. The summed E-state index contributed by atoms with van der Waals surface area (Å²) in [6.45, 7) is 17.2. The SMILES string of the molecule is Cc1cc(C)c(-n2c(-c3ccc(C)c4c3oc3nc(C(C)(C)C)ccc34)nc3ccc4ccc(C)nc4c32)c(C)c1. The molecule has 0 aliphatic carbocycles. The molecule has 4 aromatic heterocycles. The topological polar surface area (TPSA) is 56.7 Å². The molecule has 5 heteroatoms. The molecule has 5 nitrogen and oxygen atoms in total. The maximum Gasteiger partial charge on any atom is 0.227 e. The molecule has 0 fully saturated rings. The van der Waals surface area contributed by atoms with Gasteiger partial charge < -0.3 is 4.42 Å². The highest BCUT2D eigenvalue weighted by atomic mass is 16.3. The molecular weight excluding hydrogens is 504 g/mol. The molecular formula is C36H34N4O. The van der Waals surface area contributed by atoms with Crippen LogP contribution in [0.4, 0.5) is 0 Å². The van der Waals surface area contributed by atoms with E-state index in [0.29, 0.717) is 5.71 Å². The van der Waals surface area contributed by atoms with Gasteiger partial charge in [-0.25, -0.2) is 9.97 Å². The third-order valence-corrected chi connectivity index (χ3v) is 8.18. The minimum atomic E-state index is -0.0777. The Morgan fingerprint density at radius 1 is 0.732 bits per heavy atom. The normalized spacial score (nSPS) is 12.4. The maximum atomic E-state index is 6.65. The van der Waals surface area contributed by atoms with Gasteiger partial charge >= 0.3 is 0 Å². The summed E-state index contributed by atoms with van der Waals surface area (Å²) in [4.78, 5) is 15.3. The fourth-order valence-corrected chi connectivity index (χ4v) is 6.29. The number of furan rings is 1. The Bertz CT molecular complexity index is 2170. The van der Waals surface area contributed by atoms with Crippen LogP contribution in [0.1, 0.15) is 54.4 Å². The van der Waals surface area contributed by atoms with Gasteiger partial charge in [0.2, 0.25) is 5.71 Å². The van der Waals surface area contributed by atoms with Gasteiger partial charge in [-0.15, -0.1) is 0 Å². The third-order valence-electron chi connectivity index (χ3n) is 8.18. The molecule has 0 N–H and O–H groups in total. The zero-order chi connectivity index (χ0) is 28.8. The first-order valence-electron chi connectivity index (χ1n) is 14.2. The van der Waals surface area contributed by atoms with Crippen LogP contribution < -0.4 is 0 Å². The first-order chi connectivity index (χ1) is 19.5. The number of rotatable bonds is 2. The van der Waals surface area contributed by atoms with Crippen molar-refractivity contribution in [2.24, 2.45) is 0 Å². The summed E-state index contributed by atoms with van der Waals surface area (Å²) in [5, 5.41) is 3.20. The summed E-state index contributed by atoms with van der Waals surface area (Å²) < 4.78 is 8.95. The van der Waals surface area contributed by atoms with Crippen LogP contribution in [0.3, 0.4) is 0 Å². The van der Waals surface area contributed by atoms with E-state index >= 15 is 0 Å². The van der Waals surface area contributed by atoms with E-state index < -0.39 is 0 Å². The predicted molar refractivity (Wildman–Crippen MR) is 169 cm³/mol. The number of hydrogen-bond donors (Lipinski definition) is 0. The standard InChI is InChI=1S/C36H34N4O/c1-19-17-21(3)31(22(4)18-19)40-32-27(15-12-24-11-10-23(5)37-30(24)32)38-34(40)26-13-9-20(2)29-25-14-16-28(36(6,7)8)39-35(25)41-33(26)29/h9-18H,1-8H3. The van der Waals surface area contributed by atoms with Crippen molar-refractivity contribution in [3.8, 4) is 17.1 Å². The van der Waals surface area contributed by atoms with Gasteiger partial charge in [0.15, 0.2) is 0 Å². The molecule has 0 unspecified atom stereocenters. The van der Waals surface area contributed by atoms with Crippen LogP contribution in [0.5, 0.6) is 0 Å². The van der Waals surface area contributed by atoms with E-state index in [0.717, 1.165) is 72.3 Å². The summed E-state index contributed by atoms with van der Waals surface area (Å²) in [5.74, 6) is 0.839. The number of aryl methyl sites for hydroxylation is 5. The zero-order valence-electron chi connectivity index (χ0n) is 25.0. The van der Waals surface area contributed by atoms with Crippen LogP contribution >= 0.6 is 0 Å². The van der Waals surface area contributed by atoms with Crippen LogP contribution in [0.15, 0.2) is 65.1 Å². The Labute approximate surface area is 239 Å². The zero-order valence-corrected chi connectivity index (χ0v) is 25.0. The molecule has 4 heterocycles. The van der Waals surface area contributed by atoms with Crippen molar-refractivity contribution < 1.29 is 4.42 Å². The number of benzene rings is 3. The largest absolute Gasteiger partial charge is 0.437 e. The van der Waals surface area contributed by atoms with Gasteiger partial charge in [-0.2, -0.15) is 0 Å². The molecule has 41 heavy (non-hydrogen) atoms. The molecule has 0 amide bonds. The lowest BCUT2D eigenvalue weighted by molar-refractivity contribution is 0.562. The van der Waals surface area contributed by atoms with E-state index in [1.54, 1.807) is 0 Å². The van der Waals surface area contributed by atoms with Crippen LogP contribution in [0.25, 0.3) is 61.1 Å². The van der Waals surface area contributed by atoms with Gasteiger partial charge in [-0.05, 0) is 81.6 Å². The quantitative estimate of drug-likeness (QED) is 0.220. The molecule has 0 atom stereocenters. The Morgan fingerprint density at radius 2 is 1.46 bits per heavy atom. The molecule has 0 aliphatic rings. The number of imidazole rings is 1. The number of fused-ring (bicyclic) bond motifs is 6. The second kappa shape index (κ2) is 8.74. The van der Waals surface area contributed by atoms with E-state index in [2.05, 4.69) is 114 Å². The van der Waals surface area contributed by atoms with E-state index in [-0.39, 0.29) is 5.41 Å². The fourth-order valence-electron chi connectivity index (χ4n) is 6.29. The number of pyridine rings is 2. The van der Waals surface area contributed by atoms with Crippen molar-refractivity contribution in [1.29, 1.82) is 0 Å². The molecule has 0 radical (unpaired) electrons. The van der Waals surface area contributed by atoms with E-state index in [1.807, 2.05) is 6.92 Å². The Kier molecular flexibility index (Phi) is 5.43. The highest BCUT2D eigenvalue weighted by Gasteiger charge is 2.25. The smallest absolute Gasteiger partial charge is 0.227 e. The minimum Gasteiger partial charge on any atom is -0.437 e. The van der Waals surface area contributed by atoms with Crippen molar-refractivity contribution in [2.45, 2.75) is 60.8 Å². The lowest BCUT2D eigenvalue weighted by Gasteiger charge is -2.17. The van der Waals surface area contributed by atoms with Crippen LogP contribution in [0, 0.1) is 34.6 Å². The third kappa shape index (κ3) is 3.86. The summed E-state index contributed by atoms with van der Waals surface area (Å²) in [6, 6.07) is 21.5. The predicted octanol–water partition coefficient (Wildman–Crippen LogP) is 9.37. The van der Waals surface area contributed by atoms with Crippen molar-refractivity contribution >= 4 is 44.0 Å². The van der Waals surface area contributed by atoms with Crippen molar-refractivity contribution in [1.82, 2.24) is 19.5 Å². The van der Waals surface area contributed by atoms with Crippen molar-refractivity contribution in [2.75, 3.05) is 0 Å². The number of aromatic nitrogens is 4. The molecule has 0 aliphatic heterocycles. The number of nitrogens with zero attached hydrogens (tertiary/aromatic N) is 4. The van der Waals surface area contributed by atoms with E-state index in [1.165, 1.54) is 16.7 Å². The Balaban J connectivity index is 1.64. The van der Waals surface area contributed by atoms with Gasteiger partial charge in [0, 0.05) is 33.0 Å². The maximum absolute atomic E-state index is 6.65. The van der Waals surface area contributed by atoms with Crippen LogP contribution in [-0.4, -0.2) is 19.5 Å². The molecule has 204 valence electrons. The van der Waals surface area contributed by atoms with Gasteiger partial charge in [0.05, 0.1) is 27.8 Å². The lowest BCUT2D eigenvalue weighted by atomic mass is 9.91. The van der Waals surface area contributed by atoms with Crippen LogP contribution in [0.2, 0.25) is 0 Å². The summed E-state index contributed by atoms with van der Waals surface area (Å²) in [5.41, 5.74) is 13.1. The van der Waals surface area contributed by atoms with Crippen molar-refractivity contribution in [3.05, 3.63) is 94.3 Å². The van der Waals surface area contributed by atoms with Gasteiger partial charge in [-0.1, -0.05) is 56.7 Å². The fraction of sp³-hybridized carbons (Fsp3) is 0.250. The number of hydrogen-bond acceptors (Lipinski definition) is 4.